The standard InChI is InChI=1S/C13H9Cl2NO4/c14-9-2-7(3-10(15)5-9)1-8-4-11(17)16(13(8)20)6-12(18)19/h1-3,5H,4,6H2,(H,18,19)/b8-1+. The Bertz CT molecular complexity index is 619. The van der Waals surface area contributed by atoms with Crippen LogP contribution in [0.5, 0.6) is 0 Å². The van der Waals surface area contributed by atoms with Gasteiger partial charge in [-0.15, -0.1) is 0 Å². The van der Waals surface area contributed by atoms with Crippen molar-refractivity contribution in [1.82, 2.24) is 4.90 Å². The van der Waals surface area contributed by atoms with Gasteiger partial charge in [0, 0.05) is 15.6 Å². The second kappa shape index (κ2) is 5.64. The highest BCUT2D eigenvalue weighted by Crippen LogP contribution is 2.25. The van der Waals surface area contributed by atoms with Crippen LogP contribution in [0.15, 0.2) is 23.8 Å². The minimum Gasteiger partial charge on any atom is -0.480 e. The fourth-order valence-corrected chi connectivity index (χ4v) is 2.43. The van der Waals surface area contributed by atoms with Crippen molar-refractivity contribution in [2.24, 2.45) is 0 Å². The third-order valence-corrected chi connectivity index (χ3v) is 3.12. The number of hydrogen-bond donors (Lipinski definition) is 1. The molecule has 0 saturated carbocycles. The lowest BCUT2D eigenvalue weighted by atomic mass is 10.1. The van der Waals surface area contributed by atoms with Crippen LogP contribution in [-0.2, 0) is 14.4 Å². The van der Waals surface area contributed by atoms with Gasteiger partial charge in [0.1, 0.15) is 6.54 Å². The van der Waals surface area contributed by atoms with E-state index in [2.05, 4.69) is 0 Å². The molecule has 0 spiro atoms. The van der Waals surface area contributed by atoms with Crippen LogP contribution < -0.4 is 0 Å². The SMILES string of the molecule is O=C(O)CN1C(=O)C/C(=C\c2cc(Cl)cc(Cl)c2)C1=O. The van der Waals surface area contributed by atoms with Gasteiger partial charge in [0.25, 0.3) is 5.91 Å². The molecule has 7 heteroatoms. The smallest absolute Gasteiger partial charge is 0.323 e. The topological polar surface area (TPSA) is 74.7 Å². The summed E-state index contributed by atoms with van der Waals surface area (Å²) >= 11 is 11.7. The lowest BCUT2D eigenvalue weighted by Crippen LogP contribution is -2.34. The van der Waals surface area contributed by atoms with E-state index in [-0.39, 0.29) is 12.0 Å². The maximum Gasteiger partial charge on any atom is 0.323 e. The number of aliphatic carboxylic acids is 1. The number of carboxylic acids is 1. The molecule has 0 unspecified atom stereocenters. The maximum absolute atomic E-state index is 11.9. The highest BCUT2D eigenvalue weighted by atomic mass is 35.5. The Hall–Kier alpha value is -1.85. The molecule has 2 amide bonds. The van der Waals surface area contributed by atoms with Crippen molar-refractivity contribution in [3.63, 3.8) is 0 Å². The number of nitrogens with zero attached hydrogens (tertiary/aromatic N) is 1. The Labute approximate surface area is 124 Å². The molecule has 1 fully saturated rings. The minimum atomic E-state index is -1.24. The molecule has 1 aromatic carbocycles. The number of likely N-dealkylation sites (tertiary alicyclic amines) is 1. The molecule has 1 aromatic rings. The number of amides is 2. The number of carboxylic acid groups (broad SMARTS) is 1. The number of hydrogen-bond acceptors (Lipinski definition) is 3. The summed E-state index contributed by atoms with van der Waals surface area (Å²) in [5, 5.41) is 9.47. The summed E-state index contributed by atoms with van der Waals surface area (Å²) in [4.78, 5) is 34.8. The molecule has 1 aliphatic rings. The molecule has 1 aliphatic heterocycles. The van der Waals surface area contributed by atoms with Crippen molar-refractivity contribution in [2.75, 3.05) is 6.54 Å². The predicted octanol–water partition coefficient (Wildman–Crippen LogP) is 2.22. The molecular weight excluding hydrogens is 305 g/mol. The van der Waals surface area contributed by atoms with E-state index < -0.39 is 24.3 Å². The van der Waals surface area contributed by atoms with E-state index in [9.17, 15) is 14.4 Å². The summed E-state index contributed by atoms with van der Waals surface area (Å²) in [6.45, 7) is -0.634. The fourth-order valence-electron chi connectivity index (χ4n) is 1.89. The molecule has 1 saturated heterocycles. The van der Waals surface area contributed by atoms with Crippen molar-refractivity contribution >= 4 is 47.1 Å². The lowest BCUT2D eigenvalue weighted by Gasteiger charge is -2.09. The van der Waals surface area contributed by atoms with Crippen LogP contribution in [-0.4, -0.2) is 34.3 Å². The third-order valence-electron chi connectivity index (χ3n) is 2.68. The van der Waals surface area contributed by atoms with Crippen LogP contribution in [0.2, 0.25) is 10.0 Å². The van der Waals surface area contributed by atoms with Crippen molar-refractivity contribution in [3.05, 3.63) is 39.4 Å². The number of rotatable bonds is 3. The fraction of sp³-hybridized carbons (Fsp3) is 0.154. The molecule has 1 N–H and O–H groups in total. The second-order valence-corrected chi connectivity index (χ2v) is 5.10. The Kier molecular flexibility index (Phi) is 4.11. The van der Waals surface area contributed by atoms with Crippen LogP contribution in [0.3, 0.4) is 0 Å². The molecule has 0 atom stereocenters. The van der Waals surface area contributed by atoms with Crippen LogP contribution in [0.25, 0.3) is 6.08 Å². The van der Waals surface area contributed by atoms with Gasteiger partial charge in [0.05, 0.1) is 6.42 Å². The summed E-state index contributed by atoms with van der Waals surface area (Å²) in [6, 6.07) is 4.74. The molecule has 0 aliphatic carbocycles. The van der Waals surface area contributed by atoms with E-state index in [0.29, 0.717) is 20.5 Å². The summed E-state index contributed by atoms with van der Waals surface area (Å²) in [6.07, 6.45) is 1.36. The van der Waals surface area contributed by atoms with Gasteiger partial charge in [0.2, 0.25) is 5.91 Å². The zero-order valence-corrected chi connectivity index (χ0v) is 11.6. The highest BCUT2D eigenvalue weighted by Gasteiger charge is 2.34. The van der Waals surface area contributed by atoms with Crippen molar-refractivity contribution in [3.8, 4) is 0 Å². The first-order valence-electron chi connectivity index (χ1n) is 5.60. The Balaban J connectivity index is 2.29. The Morgan fingerprint density at radius 3 is 2.40 bits per heavy atom. The number of halogens is 2. The zero-order valence-electron chi connectivity index (χ0n) is 10.1. The van der Waals surface area contributed by atoms with E-state index in [1.54, 1.807) is 18.2 Å². The lowest BCUT2D eigenvalue weighted by molar-refractivity contribution is -0.148. The zero-order chi connectivity index (χ0) is 14.9. The molecule has 0 aromatic heterocycles. The molecule has 0 bridgehead atoms. The predicted molar refractivity (Wildman–Crippen MR) is 73.4 cm³/mol. The normalized spacial score (nSPS) is 17.1. The van der Waals surface area contributed by atoms with Crippen molar-refractivity contribution in [2.45, 2.75) is 6.42 Å². The number of imide groups is 1. The minimum absolute atomic E-state index is 0.129. The molecule has 20 heavy (non-hydrogen) atoms. The van der Waals surface area contributed by atoms with Crippen LogP contribution >= 0.6 is 23.2 Å². The summed E-state index contributed by atoms with van der Waals surface area (Å²) < 4.78 is 0. The average molecular weight is 314 g/mol. The van der Waals surface area contributed by atoms with Gasteiger partial charge in [-0.05, 0) is 29.8 Å². The molecule has 5 nitrogen and oxygen atoms in total. The van der Waals surface area contributed by atoms with Gasteiger partial charge in [-0.1, -0.05) is 23.2 Å². The van der Waals surface area contributed by atoms with Crippen LogP contribution in [0, 0.1) is 0 Å². The summed E-state index contributed by atoms with van der Waals surface area (Å²) in [5.41, 5.74) is 0.797. The highest BCUT2D eigenvalue weighted by molar-refractivity contribution is 6.34. The van der Waals surface area contributed by atoms with Crippen molar-refractivity contribution in [1.29, 1.82) is 0 Å². The van der Waals surface area contributed by atoms with Crippen LogP contribution in [0.1, 0.15) is 12.0 Å². The van der Waals surface area contributed by atoms with Gasteiger partial charge in [-0.25, -0.2) is 0 Å². The largest absolute Gasteiger partial charge is 0.480 e. The van der Waals surface area contributed by atoms with Gasteiger partial charge >= 0.3 is 5.97 Å². The summed E-state index contributed by atoms with van der Waals surface area (Å²) in [7, 11) is 0. The second-order valence-electron chi connectivity index (χ2n) is 4.23. The van der Waals surface area contributed by atoms with Gasteiger partial charge < -0.3 is 5.11 Å². The van der Waals surface area contributed by atoms with E-state index in [4.69, 9.17) is 28.3 Å². The summed E-state index contributed by atoms with van der Waals surface area (Å²) in [5.74, 6) is -2.37. The van der Waals surface area contributed by atoms with Gasteiger partial charge in [-0.3, -0.25) is 19.3 Å². The van der Waals surface area contributed by atoms with Crippen molar-refractivity contribution < 1.29 is 19.5 Å². The van der Waals surface area contributed by atoms with E-state index >= 15 is 0 Å². The first-order valence-corrected chi connectivity index (χ1v) is 6.35. The number of carbonyl (C=O) groups is 3. The molecule has 2 rings (SSSR count). The number of carbonyl (C=O) groups excluding carboxylic acids is 2. The van der Waals surface area contributed by atoms with E-state index in [1.165, 1.54) is 6.08 Å². The van der Waals surface area contributed by atoms with Crippen LogP contribution in [0.4, 0.5) is 0 Å². The first-order chi connectivity index (χ1) is 9.36. The molecule has 104 valence electrons. The van der Waals surface area contributed by atoms with E-state index in [0.717, 1.165) is 0 Å². The average Bonchev–Trinajstić information content (AvgIpc) is 2.55. The monoisotopic (exact) mass is 313 g/mol. The quantitative estimate of drug-likeness (QED) is 0.686. The first kappa shape index (κ1) is 14.6. The molecule has 1 heterocycles. The molecular formula is C13H9Cl2NO4. The van der Waals surface area contributed by atoms with Gasteiger partial charge in [-0.2, -0.15) is 0 Å². The maximum atomic E-state index is 11.9. The third kappa shape index (κ3) is 3.18. The molecule has 0 radical (unpaired) electrons. The van der Waals surface area contributed by atoms with E-state index in [1.807, 2.05) is 0 Å². The Morgan fingerprint density at radius 2 is 1.85 bits per heavy atom. The Morgan fingerprint density at radius 1 is 1.25 bits per heavy atom. The van der Waals surface area contributed by atoms with Gasteiger partial charge in [0.15, 0.2) is 0 Å². The number of benzene rings is 1.